The van der Waals surface area contributed by atoms with E-state index in [0.29, 0.717) is 11.5 Å². The number of ether oxygens (including phenoxy) is 3. The highest BCUT2D eigenvalue weighted by molar-refractivity contribution is 7.95. The summed E-state index contributed by atoms with van der Waals surface area (Å²) in [4.78, 5) is 0. The molecule has 0 radical (unpaired) electrons. The minimum Gasteiger partial charge on any atom is -1.00 e. The number of rotatable bonds is 8. The average Bonchev–Trinajstić information content (AvgIpc) is 2.88. The van der Waals surface area contributed by atoms with Crippen molar-refractivity contribution in [3.63, 3.8) is 0 Å². The first-order chi connectivity index (χ1) is 15.7. The molecule has 0 aliphatic heterocycles. The number of hydrogen-bond donors (Lipinski definition) is 0. The molecule has 0 N–H and O–H groups in total. The highest BCUT2D eigenvalue weighted by Crippen LogP contribution is 2.61. The Kier molecular flexibility index (Phi) is 8.55. The van der Waals surface area contributed by atoms with Crippen LogP contribution in [0.25, 0.3) is 0 Å². The van der Waals surface area contributed by atoms with Crippen LogP contribution >= 0.6 is 7.26 Å². The molecule has 0 spiro atoms. The summed E-state index contributed by atoms with van der Waals surface area (Å²) in [6.07, 6.45) is 0.869. The van der Waals surface area contributed by atoms with Gasteiger partial charge in [0.2, 0.25) is 11.5 Å². The van der Waals surface area contributed by atoms with Crippen LogP contribution in [0.5, 0.6) is 17.2 Å². The summed E-state index contributed by atoms with van der Waals surface area (Å²) in [5.41, 5.74) is 1.28. The molecular formula is C28H28BrO3P. The van der Waals surface area contributed by atoms with E-state index in [1.807, 2.05) is 6.07 Å². The summed E-state index contributed by atoms with van der Waals surface area (Å²) < 4.78 is 17.4. The van der Waals surface area contributed by atoms with Gasteiger partial charge in [0.15, 0.2) is 11.1 Å². The van der Waals surface area contributed by atoms with Crippen LogP contribution in [0, 0.1) is 0 Å². The van der Waals surface area contributed by atoms with Gasteiger partial charge in [-0.15, -0.1) is 0 Å². The minimum absolute atomic E-state index is 0. The first-order valence-corrected chi connectivity index (χ1v) is 12.5. The molecule has 4 aromatic carbocycles. The van der Waals surface area contributed by atoms with Crippen LogP contribution in [-0.4, -0.2) is 21.3 Å². The third kappa shape index (κ3) is 4.78. The molecule has 0 atom stereocenters. The molecule has 3 nitrogen and oxygen atoms in total. The van der Waals surface area contributed by atoms with Crippen molar-refractivity contribution in [3.8, 4) is 17.2 Å². The van der Waals surface area contributed by atoms with Crippen molar-refractivity contribution >= 4 is 23.2 Å². The van der Waals surface area contributed by atoms with Gasteiger partial charge in [-0.05, 0) is 42.0 Å². The van der Waals surface area contributed by atoms with Crippen LogP contribution in [0.15, 0.2) is 103 Å². The molecule has 0 heterocycles. The van der Waals surface area contributed by atoms with Crippen molar-refractivity contribution < 1.29 is 31.2 Å². The maximum Gasteiger partial charge on any atom is 0.208 e. The minimum atomic E-state index is -2.16. The number of methoxy groups -OCH3 is 3. The standard InChI is InChI=1S/C28H28O3P.BrH/c1-29-25-19-20-26(28(31-3)27(25)30-2)32(23-15-9-5-10-16-23,24-17-11-6-12-18-24)21-22-13-7-4-8-14-22;/h4-20H,21H2,1-3H3;1H/q+1;/p-1. The van der Waals surface area contributed by atoms with E-state index in [9.17, 15) is 0 Å². The lowest BCUT2D eigenvalue weighted by Crippen LogP contribution is -3.00. The summed E-state index contributed by atoms with van der Waals surface area (Å²) in [7, 11) is 2.85. The maximum atomic E-state index is 6.02. The Bertz CT molecular complexity index is 1110. The monoisotopic (exact) mass is 522 g/mol. The van der Waals surface area contributed by atoms with Crippen LogP contribution in [0.4, 0.5) is 0 Å². The summed E-state index contributed by atoms with van der Waals surface area (Å²) in [5, 5.41) is 3.72. The van der Waals surface area contributed by atoms with Gasteiger partial charge in [0, 0.05) is 0 Å². The summed E-state index contributed by atoms with van der Waals surface area (Å²) in [6, 6.07) is 36.4. The van der Waals surface area contributed by atoms with E-state index in [2.05, 4.69) is 97.1 Å². The molecule has 0 aromatic heterocycles. The van der Waals surface area contributed by atoms with Gasteiger partial charge in [-0.25, -0.2) is 0 Å². The van der Waals surface area contributed by atoms with Crippen LogP contribution < -0.4 is 47.1 Å². The highest BCUT2D eigenvalue weighted by atomic mass is 79.9. The Morgan fingerprint density at radius 2 is 1.03 bits per heavy atom. The van der Waals surface area contributed by atoms with Gasteiger partial charge < -0.3 is 31.2 Å². The molecular weight excluding hydrogens is 495 g/mol. The zero-order valence-electron chi connectivity index (χ0n) is 19.1. The second-order valence-electron chi connectivity index (χ2n) is 7.48. The van der Waals surface area contributed by atoms with E-state index < -0.39 is 7.26 Å². The molecule has 170 valence electrons. The zero-order valence-corrected chi connectivity index (χ0v) is 21.6. The second-order valence-corrected chi connectivity index (χ2v) is 10.9. The Morgan fingerprint density at radius 3 is 1.48 bits per heavy atom. The Morgan fingerprint density at radius 1 is 0.545 bits per heavy atom. The molecule has 4 aromatic rings. The lowest BCUT2D eigenvalue weighted by Gasteiger charge is -2.29. The molecule has 5 heteroatoms. The predicted molar refractivity (Wildman–Crippen MR) is 135 cm³/mol. The third-order valence-corrected chi connectivity index (χ3v) is 10.1. The van der Waals surface area contributed by atoms with E-state index in [0.717, 1.165) is 17.2 Å². The fourth-order valence-corrected chi connectivity index (χ4v) is 8.68. The average molecular weight is 523 g/mol. The number of halogens is 1. The van der Waals surface area contributed by atoms with E-state index >= 15 is 0 Å². The van der Waals surface area contributed by atoms with Gasteiger partial charge in [-0.3, -0.25) is 0 Å². The van der Waals surface area contributed by atoms with E-state index in [-0.39, 0.29) is 17.0 Å². The number of benzene rings is 4. The second kappa shape index (κ2) is 11.4. The van der Waals surface area contributed by atoms with Gasteiger partial charge in [0.25, 0.3) is 0 Å². The van der Waals surface area contributed by atoms with Gasteiger partial charge in [0.1, 0.15) is 17.9 Å². The SMILES string of the molecule is COc1ccc([P+](Cc2ccccc2)(c2ccccc2)c2ccccc2)c(OC)c1OC.[Br-]. The molecule has 0 saturated heterocycles. The van der Waals surface area contributed by atoms with Crippen LogP contribution in [-0.2, 0) is 6.16 Å². The topological polar surface area (TPSA) is 27.7 Å². The third-order valence-electron chi connectivity index (χ3n) is 5.75. The van der Waals surface area contributed by atoms with Crippen LogP contribution in [0.3, 0.4) is 0 Å². The Labute approximate surface area is 207 Å². The molecule has 0 saturated carbocycles. The smallest absolute Gasteiger partial charge is 0.208 e. The van der Waals surface area contributed by atoms with Gasteiger partial charge in [-0.1, -0.05) is 66.7 Å². The van der Waals surface area contributed by atoms with Crippen molar-refractivity contribution in [1.82, 2.24) is 0 Å². The van der Waals surface area contributed by atoms with Crippen LogP contribution in [0.2, 0.25) is 0 Å². The molecule has 0 amide bonds. The number of hydrogen-bond acceptors (Lipinski definition) is 3. The molecule has 0 fully saturated rings. The molecule has 0 bridgehead atoms. The van der Waals surface area contributed by atoms with Crippen molar-refractivity contribution in [2.75, 3.05) is 21.3 Å². The molecule has 0 unspecified atom stereocenters. The normalized spacial score (nSPS) is 10.8. The van der Waals surface area contributed by atoms with Crippen molar-refractivity contribution in [2.24, 2.45) is 0 Å². The Hall–Kier alpha value is -2.81. The van der Waals surface area contributed by atoms with Crippen molar-refractivity contribution in [3.05, 3.63) is 109 Å². The van der Waals surface area contributed by atoms with Gasteiger partial charge in [-0.2, -0.15) is 0 Å². The van der Waals surface area contributed by atoms with Gasteiger partial charge in [0.05, 0.1) is 27.5 Å². The largest absolute Gasteiger partial charge is 1.00 e. The summed E-state index contributed by atoms with van der Waals surface area (Å²) in [6.45, 7) is 0. The van der Waals surface area contributed by atoms with E-state index in [1.165, 1.54) is 16.2 Å². The van der Waals surface area contributed by atoms with E-state index in [1.54, 1.807) is 21.3 Å². The fourth-order valence-electron chi connectivity index (χ4n) is 4.30. The fraction of sp³-hybridized carbons (Fsp3) is 0.143. The zero-order chi connectivity index (χ0) is 22.4. The maximum absolute atomic E-state index is 6.02. The first kappa shape index (κ1) is 24.8. The predicted octanol–water partition coefficient (Wildman–Crippen LogP) is 2.21. The molecule has 0 aliphatic carbocycles. The van der Waals surface area contributed by atoms with E-state index in [4.69, 9.17) is 14.2 Å². The van der Waals surface area contributed by atoms with Crippen molar-refractivity contribution in [2.45, 2.75) is 6.16 Å². The Balaban J connectivity index is 0.00000306. The first-order valence-electron chi connectivity index (χ1n) is 10.6. The molecule has 0 aliphatic rings. The lowest BCUT2D eigenvalue weighted by molar-refractivity contribution is -0.00000706. The lowest BCUT2D eigenvalue weighted by atomic mass is 10.2. The van der Waals surface area contributed by atoms with Crippen LogP contribution in [0.1, 0.15) is 5.56 Å². The summed E-state index contributed by atoms with van der Waals surface area (Å²) >= 11 is 0. The quantitative estimate of drug-likeness (QED) is 0.332. The van der Waals surface area contributed by atoms with Crippen molar-refractivity contribution in [1.29, 1.82) is 0 Å². The van der Waals surface area contributed by atoms with Gasteiger partial charge >= 0.3 is 0 Å². The highest BCUT2D eigenvalue weighted by Gasteiger charge is 2.48. The molecule has 4 rings (SSSR count). The summed E-state index contributed by atoms with van der Waals surface area (Å²) in [5.74, 6) is 2.01. The molecule has 33 heavy (non-hydrogen) atoms.